The largest absolute Gasteiger partial charge is 0.343 e. The van der Waals surface area contributed by atoms with Gasteiger partial charge < -0.3 is 10.6 Å². The van der Waals surface area contributed by atoms with Crippen LogP contribution in [0.2, 0.25) is 0 Å². The van der Waals surface area contributed by atoms with E-state index in [1.54, 1.807) is 6.07 Å². The number of amides is 2. The molecule has 0 bridgehead atoms. The Bertz CT molecular complexity index is 758. The summed E-state index contributed by atoms with van der Waals surface area (Å²) in [5.74, 6) is 0.364. The highest BCUT2D eigenvalue weighted by molar-refractivity contribution is 8.14. The van der Waals surface area contributed by atoms with Crippen LogP contribution in [0.3, 0.4) is 0 Å². The first kappa shape index (κ1) is 14.6. The van der Waals surface area contributed by atoms with Crippen molar-refractivity contribution in [3.63, 3.8) is 0 Å². The van der Waals surface area contributed by atoms with Crippen molar-refractivity contribution in [3.8, 4) is 0 Å². The summed E-state index contributed by atoms with van der Waals surface area (Å²) in [6.07, 6.45) is 0. The molecule has 3 rings (SSSR count). The van der Waals surface area contributed by atoms with Crippen LogP contribution in [0.1, 0.15) is 10.4 Å². The Labute approximate surface area is 132 Å². The van der Waals surface area contributed by atoms with Gasteiger partial charge in [0.2, 0.25) is 5.91 Å². The zero-order valence-electron chi connectivity index (χ0n) is 11.8. The van der Waals surface area contributed by atoms with E-state index in [0.717, 1.165) is 23.1 Å². The summed E-state index contributed by atoms with van der Waals surface area (Å²) in [7, 11) is 0. The Morgan fingerprint density at radius 1 is 1.14 bits per heavy atom. The number of thioether (sulfide) groups is 1. The lowest BCUT2D eigenvalue weighted by Gasteiger charge is -2.07. The first-order chi connectivity index (χ1) is 10.7. The molecule has 0 aromatic heterocycles. The molecule has 0 aliphatic carbocycles. The standard InChI is InChI=1S/C16H15N3O2S/c20-14(19-16-17-7-8-22-16)10-18-15(21)13-6-5-11-3-1-2-4-12(11)9-13/h1-6,9H,7-8,10H2,(H,18,21)(H,17,19,20). The van der Waals surface area contributed by atoms with Crippen molar-refractivity contribution in [1.82, 2.24) is 10.6 Å². The Hall–Kier alpha value is -2.34. The zero-order chi connectivity index (χ0) is 15.4. The van der Waals surface area contributed by atoms with E-state index in [9.17, 15) is 9.59 Å². The Kier molecular flexibility index (Phi) is 4.39. The smallest absolute Gasteiger partial charge is 0.251 e. The fraction of sp³-hybridized carbons (Fsp3) is 0.188. The minimum Gasteiger partial charge on any atom is -0.343 e. The van der Waals surface area contributed by atoms with Gasteiger partial charge in [-0.2, -0.15) is 0 Å². The van der Waals surface area contributed by atoms with Crippen LogP contribution in [0.15, 0.2) is 47.5 Å². The quantitative estimate of drug-likeness (QED) is 0.907. The van der Waals surface area contributed by atoms with E-state index in [0.29, 0.717) is 10.7 Å². The Morgan fingerprint density at radius 2 is 1.95 bits per heavy atom. The van der Waals surface area contributed by atoms with Crippen molar-refractivity contribution in [2.24, 2.45) is 4.99 Å². The number of nitrogens with zero attached hydrogens (tertiary/aromatic N) is 1. The van der Waals surface area contributed by atoms with Gasteiger partial charge in [0.05, 0.1) is 13.1 Å². The molecule has 2 amide bonds. The molecule has 0 spiro atoms. The van der Waals surface area contributed by atoms with Crippen LogP contribution in [0.25, 0.3) is 10.8 Å². The molecule has 2 aromatic rings. The van der Waals surface area contributed by atoms with Crippen molar-refractivity contribution in [3.05, 3.63) is 48.0 Å². The number of fused-ring (bicyclic) bond motifs is 1. The first-order valence-electron chi connectivity index (χ1n) is 6.96. The monoisotopic (exact) mass is 313 g/mol. The van der Waals surface area contributed by atoms with E-state index in [1.165, 1.54) is 11.8 Å². The molecule has 2 aromatic carbocycles. The lowest BCUT2D eigenvalue weighted by Crippen LogP contribution is -2.38. The highest BCUT2D eigenvalue weighted by Crippen LogP contribution is 2.15. The molecule has 0 saturated heterocycles. The SMILES string of the molecule is O=C(CNC(=O)c1ccc2ccccc2c1)NC1=NCCS1. The van der Waals surface area contributed by atoms with Gasteiger partial charge in [0, 0.05) is 11.3 Å². The number of rotatable bonds is 3. The zero-order valence-corrected chi connectivity index (χ0v) is 12.7. The summed E-state index contributed by atoms with van der Waals surface area (Å²) in [5, 5.41) is 8.00. The van der Waals surface area contributed by atoms with Crippen molar-refractivity contribution in [2.45, 2.75) is 0 Å². The van der Waals surface area contributed by atoms with E-state index < -0.39 is 0 Å². The first-order valence-corrected chi connectivity index (χ1v) is 7.95. The van der Waals surface area contributed by atoms with Crippen LogP contribution >= 0.6 is 11.8 Å². The molecule has 5 nitrogen and oxygen atoms in total. The fourth-order valence-corrected chi connectivity index (χ4v) is 2.91. The van der Waals surface area contributed by atoms with Crippen LogP contribution in [0.5, 0.6) is 0 Å². The van der Waals surface area contributed by atoms with Gasteiger partial charge >= 0.3 is 0 Å². The lowest BCUT2D eigenvalue weighted by atomic mass is 10.1. The number of carbonyl (C=O) groups excluding carboxylic acids is 2. The summed E-state index contributed by atoms with van der Waals surface area (Å²) in [6.45, 7) is 0.662. The number of hydrogen-bond donors (Lipinski definition) is 2. The third kappa shape index (κ3) is 3.46. The summed E-state index contributed by atoms with van der Waals surface area (Å²) in [4.78, 5) is 28.0. The maximum atomic E-state index is 12.1. The van der Waals surface area contributed by atoms with Crippen LogP contribution in [-0.4, -0.2) is 35.8 Å². The second-order valence-electron chi connectivity index (χ2n) is 4.83. The number of carbonyl (C=O) groups is 2. The van der Waals surface area contributed by atoms with Crippen molar-refractivity contribution in [1.29, 1.82) is 0 Å². The third-order valence-electron chi connectivity index (χ3n) is 3.25. The molecular weight excluding hydrogens is 298 g/mol. The van der Waals surface area contributed by atoms with E-state index in [1.807, 2.05) is 36.4 Å². The second-order valence-corrected chi connectivity index (χ2v) is 5.91. The van der Waals surface area contributed by atoms with Gasteiger partial charge in [-0.15, -0.1) is 0 Å². The van der Waals surface area contributed by atoms with Gasteiger partial charge in [-0.1, -0.05) is 42.1 Å². The molecule has 0 unspecified atom stereocenters. The molecule has 1 aliphatic heterocycles. The molecule has 0 fully saturated rings. The molecule has 22 heavy (non-hydrogen) atoms. The van der Waals surface area contributed by atoms with Gasteiger partial charge in [0.25, 0.3) is 5.91 Å². The van der Waals surface area contributed by atoms with Gasteiger partial charge in [-0.05, 0) is 22.9 Å². The number of hydrogen-bond acceptors (Lipinski definition) is 4. The lowest BCUT2D eigenvalue weighted by molar-refractivity contribution is -0.118. The topological polar surface area (TPSA) is 70.6 Å². The normalized spacial score (nSPS) is 13.7. The maximum Gasteiger partial charge on any atom is 0.251 e. The van der Waals surface area contributed by atoms with E-state index in [4.69, 9.17) is 0 Å². The van der Waals surface area contributed by atoms with Gasteiger partial charge in [-0.3, -0.25) is 14.6 Å². The number of nitrogens with one attached hydrogen (secondary N) is 2. The molecule has 0 saturated carbocycles. The van der Waals surface area contributed by atoms with Gasteiger partial charge in [0.1, 0.15) is 0 Å². The Morgan fingerprint density at radius 3 is 2.73 bits per heavy atom. The number of benzene rings is 2. The van der Waals surface area contributed by atoms with Crippen molar-refractivity contribution in [2.75, 3.05) is 18.8 Å². The summed E-state index contributed by atoms with van der Waals surface area (Å²) in [5.41, 5.74) is 0.541. The molecule has 1 aliphatic rings. The molecule has 1 heterocycles. The molecule has 112 valence electrons. The minimum absolute atomic E-state index is 0.0642. The van der Waals surface area contributed by atoms with E-state index in [2.05, 4.69) is 15.6 Å². The van der Waals surface area contributed by atoms with E-state index in [-0.39, 0.29) is 18.4 Å². The summed E-state index contributed by atoms with van der Waals surface area (Å²) >= 11 is 1.51. The van der Waals surface area contributed by atoms with Gasteiger partial charge in [0.15, 0.2) is 5.17 Å². The third-order valence-corrected chi connectivity index (χ3v) is 4.14. The van der Waals surface area contributed by atoms with Crippen LogP contribution in [-0.2, 0) is 4.79 Å². The van der Waals surface area contributed by atoms with Crippen LogP contribution < -0.4 is 10.6 Å². The molecule has 6 heteroatoms. The predicted octanol–water partition coefficient (Wildman–Crippen LogP) is 1.79. The molecule has 2 N–H and O–H groups in total. The van der Waals surface area contributed by atoms with Gasteiger partial charge in [-0.25, -0.2) is 0 Å². The predicted molar refractivity (Wildman–Crippen MR) is 89.2 cm³/mol. The Balaban J connectivity index is 1.59. The second kappa shape index (κ2) is 6.62. The van der Waals surface area contributed by atoms with E-state index >= 15 is 0 Å². The summed E-state index contributed by atoms with van der Waals surface area (Å²) < 4.78 is 0. The highest BCUT2D eigenvalue weighted by atomic mass is 32.2. The van der Waals surface area contributed by atoms with Crippen molar-refractivity contribution < 1.29 is 9.59 Å². The number of amidine groups is 1. The average Bonchev–Trinajstić information content (AvgIpc) is 3.05. The van der Waals surface area contributed by atoms with Crippen LogP contribution in [0.4, 0.5) is 0 Å². The average molecular weight is 313 g/mol. The number of aliphatic imine (C=N–C) groups is 1. The summed E-state index contributed by atoms with van der Waals surface area (Å²) in [6, 6.07) is 13.3. The minimum atomic E-state index is -0.262. The van der Waals surface area contributed by atoms with Crippen LogP contribution in [0, 0.1) is 0 Å². The maximum absolute atomic E-state index is 12.1. The molecule has 0 atom stereocenters. The highest BCUT2D eigenvalue weighted by Gasteiger charge is 2.12. The molecular formula is C16H15N3O2S. The van der Waals surface area contributed by atoms with Crippen molar-refractivity contribution >= 4 is 39.5 Å². The fourth-order valence-electron chi connectivity index (χ4n) is 2.17. The molecule has 0 radical (unpaired) electrons.